The molecule has 2 rings (SSSR count). The summed E-state index contributed by atoms with van der Waals surface area (Å²) < 4.78 is 0. The molecular formula is C12H12N4O3S. The zero-order valence-electron chi connectivity index (χ0n) is 10.8. The minimum absolute atomic E-state index is 0.204. The number of anilines is 2. The predicted octanol–water partition coefficient (Wildman–Crippen LogP) is 2.50. The van der Waals surface area contributed by atoms with Gasteiger partial charge in [-0.1, -0.05) is 11.3 Å². The van der Waals surface area contributed by atoms with Crippen LogP contribution in [0.3, 0.4) is 0 Å². The van der Waals surface area contributed by atoms with Crippen molar-refractivity contribution in [2.24, 2.45) is 0 Å². The molecule has 7 nitrogen and oxygen atoms in total. The molecule has 8 heteroatoms. The summed E-state index contributed by atoms with van der Waals surface area (Å²) in [6.45, 7) is 3.45. The number of carboxylic acids is 1. The van der Waals surface area contributed by atoms with E-state index in [2.05, 4.69) is 20.8 Å². The minimum atomic E-state index is -0.997. The third-order valence-electron chi connectivity index (χ3n) is 2.46. The molecule has 104 valence electrons. The summed E-state index contributed by atoms with van der Waals surface area (Å²) in [4.78, 5) is 22.6. The lowest BCUT2D eigenvalue weighted by molar-refractivity contribution is 0.0696. The van der Waals surface area contributed by atoms with Crippen LogP contribution in [0.5, 0.6) is 0 Å². The molecule has 0 aliphatic heterocycles. The van der Waals surface area contributed by atoms with Gasteiger partial charge in [0, 0.05) is 5.69 Å². The van der Waals surface area contributed by atoms with E-state index in [1.807, 2.05) is 0 Å². The van der Waals surface area contributed by atoms with Gasteiger partial charge in [-0.05, 0) is 37.6 Å². The molecule has 2 aromatic rings. The van der Waals surface area contributed by atoms with Gasteiger partial charge in [0.1, 0.15) is 5.01 Å². The van der Waals surface area contributed by atoms with E-state index in [9.17, 15) is 9.59 Å². The Hall–Kier alpha value is -2.48. The van der Waals surface area contributed by atoms with Crippen molar-refractivity contribution in [1.82, 2.24) is 10.2 Å². The van der Waals surface area contributed by atoms with Gasteiger partial charge in [0.05, 0.1) is 5.56 Å². The van der Waals surface area contributed by atoms with Gasteiger partial charge >= 0.3 is 12.0 Å². The van der Waals surface area contributed by atoms with Crippen LogP contribution in [0.1, 0.15) is 20.9 Å². The molecular weight excluding hydrogens is 280 g/mol. The summed E-state index contributed by atoms with van der Waals surface area (Å²) in [5, 5.41) is 22.8. The Labute approximate surface area is 118 Å². The molecule has 1 aromatic heterocycles. The van der Waals surface area contributed by atoms with Crippen LogP contribution in [0.4, 0.5) is 15.6 Å². The maximum atomic E-state index is 11.7. The average molecular weight is 292 g/mol. The monoisotopic (exact) mass is 292 g/mol. The highest BCUT2D eigenvalue weighted by atomic mass is 32.1. The average Bonchev–Trinajstić information content (AvgIpc) is 2.74. The maximum absolute atomic E-state index is 11.7. The lowest BCUT2D eigenvalue weighted by Crippen LogP contribution is -2.19. The van der Waals surface area contributed by atoms with Gasteiger partial charge in [-0.2, -0.15) is 0 Å². The molecule has 0 bridgehead atoms. The largest absolute Gasteiger partial charge is 0.478 e. The second-order valence-corrected chi connectivity index (χ2v) is 5.22. The number of nitrogens with zero attached hydrogens (tertiary/aromatic N) is 2. The topological polar surface area (TPSA) is 104 Å². The standard InChI is InChI=1S/C12H12N4O3S/c1-6-5-8(3-4-9(6)10(17)18)13-11(19)14-12-16-15-7(2)20-12/h3-5H,1-2H3,(H,17,18)(H2,13,14,16,19). The Morgan fingerprint density at radius 1 is 1.20 bits per heavy atom. The number of urea groups is 1. The number of hydrogen-bond donors (Lipinski definition) is 3. The number of carbonyl (C=O) groups is 2. The number of aromatic carboxylic acids is 1. The molecule has 3 N–H and O–H groups in total. The first-order valence-electron chi connectivity index (χ1n) is 5.68. The predicted molar refractivity (Wildman–Crippen MR) is 75.4 cm³/mol. The molecule has 1 aromatic carbocycles. The minimum Gasteiger partial charge on any atom is -0.478 e. The molecule has 1 heterocycles. The number of carbonyl (C=O) groups excluding carboxylic acids is 1. The zero-order chi connectivity index (χ0) is 14.7. The van der Waals surface area contributed by atoms with Gasteiger partial charge < -0.3 is 10.4 Å². The van der Waals surface area contributed by atoms with Crippen LogP contribution < -0.4 is 10.6 Å². The van der Waals surface area contributed by atoms with Crippen molar-refractivity contribution in [3.8, 4) is 0 Å². The highest BCUT2D eigenvalue weighted by molar-refractivity contribution is 7.15. The summed E-state index contributed by atoms with van der Waals surface area (Å²) >= 11 is 1.26. The van der Waals surface area contributed by atoms with E-state index in [-0.39, 0.29) is 5.56 Å². The summed E-state index contributed by atoms with van der Waals surface area (Å²) in [5.41, 5.74) is 1.28. The second-order valence-electron chi connectivity index (χ2n) is 4.04. The molecule has 0 saturated carbocycles. The van der Waals surface area contributed by atoms with Crippen LogP contribution in [0.25, 0.3) is 0 Å². The van der Waals surface area contributed by atoms with Crippen molar-refractivity contribution in [2.45, 2.75) is 13.8 Å². The highest BCUT2D eigenvalue weighted by Crippen LogP contribution is 2.17. The lowest BCUT2D eigenvalue weighted by Gasteiger charge is -2.07. The fraction of sp³-hybridized carbons (Fsp3) is 0.167. The third-order valence-corrected chi connectivity index (χ3v) is 3.22. The number of rotatable bonds is 3. The Bertz CT molecular complexity index is 668. The first kappa shape index (κ1) is 13.9. The van der Waals surface area contributed by atoms with E-state index in [4.69, 9.17) is 5.11 Å². The first-order valence-corrected chi connectivity index (χ1v) is 6.49. The van der Waals surface area contributed by atoms with Crippen LogP contribution in [0, 0.1) is 13.8 Å². The summed E-state index contributed by atoms with van der Waals surface area (Å²) in [6, 6.07) is 4.11. The number of amides is 2. The SMILES string of the molecule is Cc1nnc(NC(=O)Nc2ccc(C(=O)O)c(C)c2)s1. The van der Waals surface area contributed by atoms with E-state index >= 15 is 0 Å². The van der Waals surface area contributed by atoms with Gasteiger partial charge in [0.2, 0.25) is 5.13 Å². The summed E-state index contributed by atoms with van der Waals surface area (Å²) in [7, 11) is 0. The number of aryl methyl sites for hydroxylation is 2. The zero-order valence-corrected chi connectivity index (χ0v) is 11.6. The highest BCUT2D eigenvalue weighted by Gasteiger charge is 2.10. The number of hydrogen-bond acceptors (Lipinski definition) is 5. The van der Waals surface area contributed by atoms with Gasteiger partial charge in [0.25, 0.3) is 0 Å². The van der Waals surface area contributed by atoms with Crippen LogP contribution in [-0.4, -0.2) is 27.3 Å². The number of benzene rings is 1. The Balaban J connectivity index is 2.04. The van der Waals surface area contributed by atoms with Crippen molar-refractivity contribution in [3.63, 3.8) is 0 Å². The van der Waals surface area contributed by atoms with E-state index < -0.39 is 12.0 Å². The number of carboxylic acid groups (broad SMARTS) is 1. The summed E-state index contributed by atoms with van der Waals surface area (Å²) in [5.74, 6) is -0.997. The van der Waals surface area contributed by atoms with E-state index in [1.165, 1.54) is 23.5 Å². The van der Waals surface area contributed by atoms with Crippen molar-refractivity contribution in [1.29, 1.82) is 0 Å². The van der Waals surface area contributed by atoms with E-state index in [0.717, 1.165) is 5.01 Å². The Morgan fingerprint density at radius 2 is 1.95 bits per heavy atom. The molecule has 0 atom stereocenters. The van der Waals surface area contributed by atoms with Crippen LogP contribution in [0.2, 0.25) is 0 Å². The van der Waals surface area contributed by atoms with Crippen molar-refractivity contribution < 1.29 is 14.7 Å². The molecule has 0 fully saturated rings. The molecule has 0 aliphatic rings. The van der Waals surface area contributed by atoms with Crippen molar-refractivity contribution in [3.05, 3.63) is 34.3 Å². The summed E-state index contributed by atoms with van der Waals surface area (Å²) in [6.07, 6.45) is 0. The molecule has 0 spiro atoms. The molecule has 0 aliphatic carbocycles. The van der Waals surface area contributed by atoms with E-state index in [0.29, 0.717) is 16.4 Å². The van der Waals surface area contributed by atoms with Crippen molar-refractivity contribution >= 4 is 34.2 Å². The van der Waals surface area contributed by atoms with Gasteiger partial charge in [-0.3, -0.25) is 5.32 Å². The Morgan fingerprint density at radius 3 is 2.50 bits per heavy atom. The van der Waals surface area contributed by atoms with Gasteiger partial charge in [0.15, 0.2) is 0 Å². The fourth-order valence-corrected chi connectivity index (χ4v) is 2.17. The molecule has 0 saturated heterocycles. The lowest BCUT2D eigenvalue weighted by atomic mass is 10.1. The molecule has 0 radical (unpaired) electrons. The normalized spacial score (nSPS) is 10.1. The first-order chi connectivity index (χ1) is 9.45. The maximum Gasteiger partial charge on any atom is 0.335 e. The van der Waals surface area contributed by atoms with Gasteiger partial charge in [-0.25, -0.2) is 9.59 Å². The Kier molecular flexibility index (Phi) is 3.94. The van der Waals surface area contributed by atoms with Gasteiger partial charge in [-0.15, -0.1) is 10.2 Å². The number of nitrogens with one attached hydrogen (secondary N) is 2. The van der Waals surface area contributed by atoms with E-state index in [1.54, 1.807) is 19.9 Å². The van der Waals surface area contributed by atoms with Crippen LogP contribution >= 0.6 is 11.3 Å². The molecule has 0 unspecified atom stereocenters. The molecule has 20 heavy (non-hydrogen) atoms. The smallest absolute Gasteiger partial charge is 0.335 e. The third kappa shape index (κ3) is 3.29. The molecule has 2 amide bonds. The number of aromatic nitrogens is 2. The fourth-order valence-electron chi connectivity index (χ4n) is 1.59. The van der Waals surface area contributed by atoms with Crippen LogP contribution in [0.15, 0.2) is 18.2 Å². The quantitative estimate of drug-likeness (QED) is 0.806. The van der Waals surface area contributed by atoms with Crippen molar-refractivity contribution in [2.75, 3.05) is 10.6 Å². The second kappa shape index (κ2) is 5.66. The van der Waals surface area contributed by atoms with Crippen LogP contribution in [-0.2, 0) is 0 Å².